The molecule has 3 aromatic carbocycles. The average Bonchev–Trinajstić information content (AvgIpc) is 2.78. The highest BCUT2D eigenvalue weighted by Gasteiger charge is 2.11. The Hall–Kier alpha value is -3.72. The van der Waals surface area contributed by atoms with Gasteiger partial charge in [0, 0.05) is 17.6 Å². The van der Waals surface area contributed by atoms with E-state index in [-0.39, 0.29) is 12.3 Å². The monoisotopic (exact) mass is 392 g/mol. The summed E-state index contributed by atoms with van der Waals surface area (Å²) in [6.45, 7) is 0. The lowest BCUT2D eigenvalue weighted by Crippen LogP contribution is -2.16. The molecular formula is C27H24N2O. The van der Waals surface area contributed by atoms with Crippen LogP contribution in [-0.2, 0) is 24.1 Å². The maximum Gasteiger partial charge on any atom is 0.230 e. The summed E-state index contributed by atoms with van der Waals surface area (Å²) in [5.41, 5.74) is 6.46. The third kappa shape index (κ3) is 5.42. The van der Waals surface area contributed by atoms with Crippen LogP contribution in [0.5, 0.6) is 0 Å². The summed E-state index contributed by atoms with van der Waals surface area (Å²) in [7, 11) is 0. The molecule has 0 unspecified atom stereocenters. The van der Waals surface area contributed by atoms with Crippen LogP contribution < -0.4 is 5.32 Å². The summed E-state index contributed by atoms with van der Waals surface area (Å²) in [4.78, 5) is 16.9. The predicted molar refractivity (Wildman–Crippen MR) is 122 cm³/mol. The molecule has 0 saturated heterocycles. The van der Waals surface area contributed by atoms with E-state index in [9.17, 15) is 4.79 Å². The highest BCUT2D eigenvalue weighted by atomic mass is 16.1. The van der Waals surface area contributed by atoms with Crippen LogP contribution >= 0.6 is 0 Å². The molecule has 0 aliphatic rings. The minimum absolute atomic E-state index is 0.0566. The number of carbonyl (C=O) groups is 1. The van der Waals surface area contributed by atoms with Gasteiger partial charge < -0.3 is 5.32 Å². The Morgan fingerprint density at radius 2 is 1.37 bits per heavy atom. The maximum absolute atomic E-state index is 12.6. The summed E-state index contributed by atoms with van der Waals surface area (Å²) in [6.07, 6.45) is 3.60. The predicted octanol–water partition coefficient (Wildman–Crippen LogP) is 5.44. The molecule has 0 fully saturated rings. The quantitative estimate of drug-likeness (QED) is 0.455. The summed E-state index contributed by atoms with van der Waals surface area (Å²) >= 11 is 0. The minimum Gasteiger partial charge on any atom is -0.325 e. The fourth-order valence-electron chi connectivity index (χ4n) is 3.53. The van der Waals surface area contributed by atoms with Gasteiger partial charge in [0.05, 0.1) is 6.42 Å². The normalized spacial score (nSPS) is 10.5. The number of carbonyl (C=O) groups excluding carboxylic acids is 1. The molecule has 0 atom stereocenters. The molecule has 1 N–H and O–H groups in total. The molecule has 0 aliphatic carbocycles. The second-order valence-corrected chi connectivity index (χ2v) is 7.36. The number of anilines is 1. The molecule has 148 valence electrons. The molecule has 1 amide bonds. The van der Waals surface area contributed by atoms with Gasteiger partial charge in [0.2, 0.25) is 5.91 Å². The summed E-state index contributed by atoms with van der Waals surface area (Å²) in [5, 5.41) is 3.09. The van der Waals surface area contributed by atoms with Crippen molar-refractivity contribution in [2.45, 2.75) is 19.3 Å². The van der Waals surface area contributed by atoms with Crippen molar-refractivity contribution < 1.29 is 4.79 Å². The third-order valence-electron chi connectivity index (χ3n) is 5.00. The fraction of sp³-hybridized carbons (Fsp3) is 0.111. The van der Waals surface area contributed by atoms with E-state index < -0.39 is 0 Å². The lowest BCUT2D eigenvalue weighted by molar-refractivity contribution is -0.115. The Labute approximate surface area is 177 Å². The van der Waals surface area contributed by atoms with Gasteiger partial charge >= 0.3 is 0 Å². The smallest absolute Gasteiger partial charge is 0.230 e. The Bertz CT molecular complexity index is 1090. The molecule has 0 spiro atoms. The Morgan fingerprint density at radius 3 is 2.03 bits per heavy atom. The van der Waals surface area contributed by atoms with Gasteiger partial charge in [-0.15, -0.1) is 0 Å². The molecule has 4 rings (SSSR count). The molecule has 0 radical (unpaired) electrons. The molecular weight excluding hydrogens is 368 g/mol. The van der Waals surface area contributed by atoms with Gasteiger partial charge in [-0.05, 0) is 53.3 Å². The van der Waals surface area contributed by atoms with Crippen LogP contribution in [0.1, 0.15) is 27.9 Å². The molecule has 1 heterocycles. The van der Waals surface area contributed by atoms with Crippen molar-refractivity contribution in [3.05, 3.63) is 131 Å². The molecule has 0 aliphatic heterocycles. The second-order valence-electron chi connectivity index (χ2n) is 7.36. The first kappa shape index (κ1) is 19.6. The molecule has 3 nitrogen and oxygen atoms in total. The lowest BCUT2D eigenvalue weighted by atomic mass is 9.97. The standard InChI is InChI=1S/C27H24N2O/c30-27(20-25-13-7-8-16-28-25)29-26-15-14-23(17-21-9-3-1-4-10-21)19-24(26)18-22-11-5-2-6-12-22/h1-16,19H,17-18,20H2,(H,29,30). The minimum atomic E-state index is -0.0566. The van der Waals surface area contributed by atoms with Gasteiger partial charge in [0.1, 0.15) is 0 Å². The highest BCUT2D eigenvalue weighted by molar-refractivity contribution is 5.92. The fourth-order valence-corrected chi connectivity index (χ4v) is 3.53. The largest absolute Gasteiger partial charge is 0.325 e. The van der Waals surface area contributed by atoms with E-state index in [1.165, 1.54) is 16.7 Å². The lowest BCUT2D eigenvalue weighted by Gasteiger charge is -2.14. The van der Waals surface area contributed by atoms with Gasteiger partial charge in [0.15, 0.2) is 0 Å². The van der Waals surface area contributed by atoms with E-state index in [1.54, 1.807) is 6.20 Å². The van der Waals surface area contributed by atoms with Crippen LogP contribution in [0.15, 0.2) is 103 Å². The number of benzene rings is 3. The van der Waals surface area contributed by atoms with E-state index >= 15 is 0 Å². The third-order valence-corrected chi connectivity index (χ3v) is 5.00. The Kier molecular flexibility index (Phi) is 6.31. The zero-order valence-corrected chi connectivity index (χ0v) is 16.8. The number of hydrogen-bond acceptors (Lipinski definition) is 2. The van der Waals surface area contributed by atoms with Gasteiger partial charge in [-0.3, -0.25) is 9.78 Å². The van der Waals surface area contributed by atoms with Crippen LogP contribution in [0.4, 0.5) is 5.69 Å². The van der Waals surface area contributed by atoms with Gasteiger partial charge in [-0.25, -0.2) is 0 Å². The number of nitrogens with one attached hydrogen (secondary N) is 1. The van der Waals surface area contributed by atoms with E-state index in [0.29, 0.717) is 0 Å². The molecule has 1 aromatic heterocycles. The van der Waals surface area contributed by atoms with E-state index in [0.717, 1.165) is 29.8 Å². The summed E-state index contributed by atoms with van der Waals surface area (Å²) in [5.74, 6) is -0.0566. The first-order chi connectivity index (χ1) is 14.8. The Balaban J connectivity index is 1.57. The SMILES string of the molecule is O=C(Cc1ccccn1)Nc1ccc(Cc2ccccc2)cc1Cc1ccccc1. The molecule has 30 heavy (non-hydrogen) atoms. The van der Waals surface area contributed by atoms with Gasteiger partial charge in [-0.2, -0.15) is 0 Å². The van der Waals surface area contributed by atoms with Gasteiger partial charge in [0.25, 0.3) is 0 Å². The number of nitrogens with zero attached hydrogens (tertiary/aromatic N) is 1. The molecule has 3 heteroatoms. The highest BCUT2D eigenvalue weighted by Crippen LogP contribution is 2.23. The topological polar surface area (TPSA) is 42.0 Å². The van der Waals surface area contributed by atoms with Gasteiger partial charge in [-0.1, -0.05) is 78.9 Å². The first-order valence-corrected chi connectivity index (χ1v) is 10.2. The van der Waals surface area contributed by atoms with Crippen LogP contribution in [0.3, 0.4) is 0 Å². The zero-order valence-electron chi connectivity index (χ0n) is 16.8. The van der Waals surface area contributed by atoms with Crippen molar-refractivity contribution in [2.24, 2.45) is 0 Å². The van der Waals surface area contributed by atoms with Crippen LogP contribution in [0.2, 0.25) is 0 Å². The Morgan fingerprint density at radius 1 is 0.700 bits per heavy atom. The van der Waals surface area contributed by atoms with Crippen molar-refractivity contribution in [3.8, 4) is 0 Å². The van der Waals surface area contributed by atoms with Crippen molar-refractivity contribution in [1.82, 2.24) is 4.98 Å². The number of rotatable bonds is 7. The van der Waals surface area contributed by atoms with Crippen molar-refractivity contribution in [2.75, 3.05) is 5.32 Å². The average molecular weight is 393 g/mol. The van der Waals surface area contributed by atoms with E-state index in [2.05, 4.69) is 58.8 Å². The zero-order chi connectivity index (χ0) is 20.6. The van der Waals surface area contributed by atoms with Crippen molar-refractivity contribution in [1.29, 1.82) is 0 Å². The number of pyridine rings is 1. The second kappa shape index (κ2) is 9.66. The van der Waals surface area contributed by atoms with Crippen LogP contribution in [-0.4, -0.2) is 10.9 Å². The van der Waals surface area contributed by atoms with E-state index in [1.807, 2.05) is 48.5 Å². The molecule has 0 saturated carbocycles. The molecule has 0 bridgehead atoms. The van der Waals surface area contributed by atoms with Crippen molar-refractivity contribution in [3.63, 3.8) is 0 Å². The molecule has 4 aromatic rings. The summed E-state index contributed by atoms with van der Waals surface area (Å²) < 4.78 is 0. The van der Waals surface area contributed by atoms with Crippen LogP contribution in [0, 0.1) is 0 Å². The van der Waals surface area contributed by atoms with Crippen LogP contribution in [0.25, 0.3) is 0 Å². The first-order valence-electron chi connectivity index (χ1n) is 10.2. The van der Waals surface area contributed by atoms with Crippen molar-refractivity contribution >= 4 is 11.6 Å². The van der Waals surface area contributed by atoms with E-state index in [4.69, 9.17) is 0 Å². The summed E-state index contributed by atoms with van der Waals surface area (Å²) in [6, 6.07) is 32.7. The number of hydrogen-bond donors (Lipinski definition) is 1. The number of aromatic nitrogens is 1. The number of amides is 1. The maximum atomic E-state index is 12.6.